The summed E-state index contributed by atoms with van der Waals surface area (Å²) in [5.41, 5.74) is 8.33. The molecule has 1 saturated heterocycles. The summed E-state index contributed by atoms with van der Waals surface area (Å²) in [5.74, 6) is -0.757. The normalized spacial score (nSPS) is 17.8. The summed E-state index contributed by atoms with van der Waals surface area (Å²) < 4.78 is 13.3. The second kappa shape index (κ2) is 10.3. The Bertz CT molecular complexity index is 875. The number of rotatable bonds is 9. The van der Waals surface area contributed by atoms with Gasteiger partial charge in [-0.1, -0.05) is 71.7 Å². The zero-order valence-electron chi connectivity index (χ0n) is 16.8. The topological polar surface area (TPSA) is 98.8 Å². The first-order chi connectivity index (χ1) is 14.7. The number of amides is 1. The van der Waals surface area contributed by atoms with E-state index in [0.717, 1.165) is 23.2 Å². The second-order valence-corrected chi connectivity index (χ2v) is 9.00. The van der Waals surface area contributed by atoms with Crippen molar-refractivity contribution >= 4 is 29.1 Å². The summed E-state index contributed by atoms with van der Waals surface area (Å²) in [6.07, 6.45) is -1.24. The van der Waals surface area contributed by atoms with E-state index in [9.17, 15) is 19.4 Å². The molecule has 1 aliphatic rings. The van der Waals surface area contributed by atoms with E-state index in [1.54, 1.807) is 12.1 Å². The Morgan fingerprint density at radius 1 is 1.13 bits per heavy atom. The third-order valence-electron chi connectivity index (χ3n) is 5.43. The quantitative estimate of drug-likeness (QED) is 0.421. The van der Waals surface area contributed by atoms with Crippen LogP contribution in [0.2, 0.25) is 0 Å². The predicted octanol–water partition coefficient (Wildman–Crippen LogP) is 2.15. The number of hydrogen-bond acceptors (Lipinski definition) is 5. The highest BCUT2D eigenvalue weighted by Crippen LogP contribution is 2.26. The van der Waals surface area contributed by atoms with Crippen molar-refractivity contribution < 1.29 is 19.4 Å². The first-order valence-electron chi connectivity index (χ1n) is 9.91. The van der Waals surface area contributed by atoms with Gasteiger partial charge in [-0.3, -0.25) is 9.69 Å². The van der Waals surface area contributed by atoms with Crippen LogP contribution in [0, 0.1) is 0 Å². The van der Waals surface area contributed by atoms with Gasteiger partial charge in [-0.15, -0.1) is 0 Å². The molecule has 168 valence electrons. The van der Waals surface area contributed by atoms with Gasteiger partial charge in [0.05, 0.1) is 6.04 Å². The first kappa shape index (κ1) is 23.9. The molecule has 1 heterocycles. The van der Waals surface area contributed by atoms with Gasteiger partial charge in [0.15, 0.2) is 4.84 Å². The fourth-order valence-electron chi connectivity index (χ4n) is 3.64. The van der Waals surface area contributed by atoms with E-state index in [4.69, 9.17) is 28.9 Å². The van der Waals surface area contributed by atoms with Crippen molar-refractivity contribution in [3.63, 3.8) is 0 Å². The summed E-state index contributed by atoms with van der Waals surface area (Å²) in [6.45, 7) is 1.20. The van der Waals surface area contributed by atoms with Gasteiger partial charge in [-0.2, -0.15) is 0 Å². The van der Waals surface area contributed by atoms with Crippen molar-refractivity contribution in [1.82, 2.24) is 10.2 Å². The van der Waals surface area contributed by atoms with Gasteiger partial charge in [0.1, 0.15) is 18.4 Å². The maximum absolute atomic E-state index is 13.3. The molecule has 5 N–H and O–H groups in total. The van der Waals surface area contributed by atoms with Crippen molar-refractivity contribution in [3.05, 3.63) is 59.7 Å². The predicted molar refractivity (Wildman–Crippen MR) is 120 cm³/mol. The maximum Gasteiger partial charge on any atom is 0.253 e. The SMILES string of the molecule is NCC1(O)CN(Cc2ccc(-c3ccc([C@@H](O)[C@@H](CF)NC(=O)C(Cl)Cl)cc3)cc2)C1. The number of nitrogens with one attached hydrogen (secondary N) is 1. The number of benzene rings is 2. The molecule has 0 bridgehead atoms. The average Bonchev–Trinajstić information content (AvgIpc) is 2.76. The number of halogens is 3. The van der Waals surface area contributed by atoms with Crippen molar-refractivity contribution in [1.29, 1.82) is 0 Å². The number of alkyl halides is 3. The smallest absolute Gasteiger partial charge is 0.253 e. The molecule has 1 aliphatic heterocycles. The van der Waals surface area contributed by atoms with Crippen LogP contribution in [0.4, 0.5) is 4.39 Å². The monoisotopic (exact) mass is 469 g/mol. The minimum Gasteiger partial charge on any atom is -0.386 e. The van der Waals surface area contributed by atoms with Crippen molar-refractivity contribution in [2.24, 2.45) is 5.73 Å². The van der Waals surface area contributed by atoms with Crippen LogP contribution in [0.15, 0.2) is 48.5 Å². The van der Waals surface area contributed by atoms with Gasteiger partial charge in [0, 0.05) is 26.2 Å². The molecule has 0 spiro atoms. The van der Waals surface area contributed by atoms with Gasteiger partial charge in [-0.25, -0.2) is 4.39 Å². The second-order valence-electron chi connectivity index (χ2n) is 7.91. The van der Waals surface area contributed by atoms with Crippen molar-refractivity contribution in [3.8, 4) is 11.1 Å². The van der Waals surface area contributed by atoms with Gasteiger partial charge < -0.3 is 21.3 Å². The zero-order valence-corrected chi connectivity index (χ0v) is 18.4. The fraction of sp³-hybridized carbons (Fsp3) is 0.409. The highest BCUT2D eigenvalue weighted by molar-refractivity contribution is 6.53. The van der Waals surface area contributed by atoms with E-state index in [1.165, 1.54) is 0 Å². The third-order valence-corrected chi connectivity index (χ3v) is 5.83. The van der Waals surface area contributed by atoms with Gasteiger partial charge in [0.2, 0.25) is 0 Å². The highest BCUT2D eigenvalue weighted by atomic mass is 35.5. The zero-order chi connectivity index (χ0) is 22.6. The molecule has 2 aromatic carbocycles. The number of aliphatic hydroxyl groups excluding tert-OH is 1. The Hall–Kier alpha value is -1.74. The maximum atomic E-state index is 13.3. The molecule has 0 aromatic heterocycles. The molecular weight excluding hydrogens is 444 g/mol. The van der Waals surface area contributed by atoms with Crippen LogP contribution in [0.3, 0.4) is 0 Å². The summed E-state index contributed by atoms with van der Waals surface area (Å²) >= 11 is 10.9. The molecule has 0 aliphatic carbocycles. The number of hydrogen-bond donors (Lipinski definition) is 4. The van der Waals surface area contributed by atoms with Crippen LogP contribution in [0.1, 0.15) is 17.2 Å². The lowest BCUT2D eigenvalue weighted by atomic mass is 9.93. The van der Waals surface area contributed by atoms with E-state index in [0.29, 0.717) is 18.7 Å². The Labute approximate surface area is 190 Å². The molecular formula is C22H26Cl2FN3O3. The van der Waals surface area contributed by atoms with Crippen LogP contribution in [0.25, 0.3) is 11.1 Å². The lowest BCUT2D eigenvalue weighted by Crippen LogP contribution is -2.64. The van der Waals surface area contributed by atoms with Crippen molar-refractivity contribution in [2.75, 3.05) is 26.3 Å². The van der Waals surface area contributed by atoms with Crippen LogP contribution in [-0.4, -0.2) is 63.8 Å². The van der Waals surface area contributed by atoms with Crippen LogP contribution >= 0.6 is 23.2 Å². The Balaban J connectivity index is 1.61. The highest BCUT2D eigenvalue weighted by Gasteiger charge is 2.39. The van der Waals surface area contributed by atoms with E-state index >= 15 is 0 Å². The Morgan fingerprint density at radius 3 is 2.16 bits per heavy atom. The molecule has 9 heteroatoms. The van der Waals surface area contributed by atoms with Crippen LogP contribution in [0.5, 0.6) is 0 Å². The fourth-order valence-corrected chi connectivity index (χ4v) is 3.77. The molecule has 0 saturated carbocycles. The Kier molecular flexibility index (Phi) is 7.91. The summed E-state index contributed by atoms with van der Waals surface area (Å²) in [4.78, 5) is 12.4. The molecule has 2 atom stereocenters. The largest absolute Gasteiger partial charge is 0.386 e. The molecule has 1 amide bonds. The lowest BCUT2D eigenvalue weighted by Gasteiger charge is -2.45. The number of carbonyl (C=O) groups is 1. The van der Waals surface area contributed by atoms with E-state index in [2.05, 4.69) is 10.2 Å². The third kappa shape index (κ3) is 5.94. The summed E-state index contributed by atoms with van der Waals surface area (Å²) in [7, 11) is 0. The molecule has 1 fully saturated rings. The summed E-state index contributed by atoms with van der Waals surface area (Å²) in [6, 6.07) is 14.0. The number of β-amino-alcohol motifs (C(OH)–C–C–N with tert-alkyl or cyclic N) is 1. The number of aliphatic hydroxyl groups is 2. The number of nitrogens with two attached hydrogens (primary N) is 1. The molecule has 2 aromatic rings. The summed E-state index contributed by atoms with van der Waals surface area (Å²) in [5, 5.41) is 22.7. The van der Waals surface area contributed by atoms with E-state index in [1.807, 2.05) is 36.4 Å². The Morgan fingerprint density at radius 2 is 1.68 bits per heavy atom. The molecule has 3 rings (SSSR count). The standard InChI is InChI=1S/C22H26Cl2FN3O3/c23-20(24)21(30)27-18(9-25)19(29)17-7-5-16(6-8-17)15-3-1-14(2-4-15)10-28-12-22(31,11-26)13-28/h1-8,18-20,29,31H,9-13,26H2,(H,27,30)/t18-,19-/m1/s1. The van der Waals surface area contributed by atoms with E-state index < -0.39 is 35.2 Å². The first-order valence-corrected chi connectivity index (χ1v) is 10.8. The molecule has 0 radical (unpaired) electrons. The van der Waals surface area contributed by atoms with Gasteiger partial charge >= 0.3 is 0 Å². The number of nitrogens with zero attached hydrogens (tertiary/aromatic N) is 1. The minimum atomic E-state index is -1.33. The van der Waals surface area contributed by atoms with Crippen molar-refractivity contribution in [2.45, 2.75) is 29.1 Å². The number of carbonyl (C=O) groups excluding carboxylic acids is 1. The van der Waals surface area contributed by atoms with E-state index in [-0.39, 0.29) is 6.54 Å². The van der Waals surface area contributed by atoms with Crippen LogP contribution < -0.4 is 11.1 Å². The minimum absolute atomic E-state index is 0.269. The average molecular weight is 470 g/mol. The molecule has 6 nitrogen and oxygen atoms in total. The lowest BCUT2D eigenvalue weighted by molar-refractivity contribution is -0.121. The molecule has 0 unspecified atom stereocenters. The molecule has 31 heavy (non-hydrogen) atoms. The van der Waals surface area contributed by atoms with Gasteiger partial charge in [-0.05, 0) is 22.3 Å². The van der Waals surface area contributed by atoms with Gasteiger partial charge in [0.25, 0.3) is 5.91 Å². The number of likely N-dealkylation sites (tertiary alicyclic amines) is 1. The van der Waals surface area contributed by atoms with Crippen LogP contribution in [-0.2, 0) is 11.3 Å².